The molecule has 0 saturated carbocycles. The van der Waals surface area contributed by atoms with Crippen molar-refractivity contribution in [3.8, 4) is 33.7 Å². The Morgan fingerprint density at radius 1 is 0.400 bits per heavy atom. The summed E-state index contributed by atoms with van der Waals surface area (Å²) in [6, 6.07) is 68.1. The van der Waals surface area contributed by atoms with Crippen LogP contribution in [0.2, 0.25) is 0 Å². The Bertz CT molecular complexity index is 3220. The van der Waals surface area contributed by atoms with Crippen LogP contribution in [0.3, 0.4) is 0 Å². The summed E-state index contributed by atoms with van der Waals surface area (Å²) in [5, 5.41) is 6.54. The predicted octanol–water partition coefficient (Wildman–Crippen LogP) is 14.5. The molecule has 0 N–H and O–H groups in total. The Balaban J connectivity index is 1.13. The van der Waals surface area contributed by atoms with E-state index < -0.39 is 0 Å². The second-order valence-electron chi connectivity index (χ2n) is 13.9. The lowest BCUT2D eigenvalue weighted by Gasteiger charge is -2.27. The van der Waals surface area contributed by atoms with Crippen LogP contribution < -0.4 is 4.90 Å². The molecule has 9 aromatic carbocycles. The zero-order valence-electron chi connectivity index (χ0n) is 29.7. The number of hydrogen-bond donors (Lipinski definition) is 0. The molecule has 0 radical (unpaired) electrons. The molecule has 0 fully saturated rings. The van der Waals surface area contributed by atoms with Crippen molar-refractivity contribution >= 4 is 71.6 Å². The first-order valence-electron chi connectivity index (χ1n) is 18.5. The third kappa shape index (κ3) is 5.19. The fourth-order valence-electron chi connectivity index (χ4n) is 8.15. The highest BCUT2D eigenvalue weighted by Gasteiger charge is 2.21. The monoisotopic (exact) mass is 704 g/mol. The molecule has 4 nitrogen and oxygen atoms in total. The highest BCUT2D eigenvalue weighted by molar-refractivity contribution is 6.19. The average Bonchev–Trinajstić information content (AvgIpc) is 3.87. The lowest BCUT2D eigenvalue weighted by atomic mass is 9.94. The minimum Gasteiger partial charge on any atom is -0.456 e. The number of fused-ring (bicyclic) bond motifs is 8. The Labute approximate surface area is 317 Å². The van der Waals surface area contributed by atoms with E-state index in [1.807, 2.05) is 48.5 Å². The molecule has 11 aromatic rings. The summed E-state index contributed by atoms with van der Waals surface area (Å²) in [7, 11) is 0. The first-order chi connectivity index (χ1) is 27.3. The number of aromatic nitrogens is 1. The molecule has 2 heterocycles. The van der Waals surface area contributed by atoms with Gasteiger partial charge < -0.3 is 13.7 Å². The lowest BCUT2D eigenvalue weighted by Crippen LogP contribution is -2.10. The summed E-state index contributed by atoms with van der Waals surface area (Å²) in [4.78, 5) is 7.25. The van der Waals surface area contributed by atoms with Gasteiger partial charge in [-0.15, -0.1) is 0 Å². The van der Waals surface area contributed by atoms with Crippen LogP contribution in [0.4, 0.5) is 17.1 Å². The molecule has 0 atom stereocenters. The lowest BCUT2D eigenvalue weighted by molar-refractivity contribution is 0.623. The molecule has 0 spiro atoms. The maximum absolute atomic E-state index is 6.54. The van der Waals surface area contributed by atoms with E-state index in [0.717, 1.165) is 82.8 Å². The normalized spacial score (nSPS) is 11.6. The van der Waals surface area contributed by atoms with Crippen molar-refractivity contribution in [2.75, 3.05) is 4.90 Å². The first-order valence-corrected chi connectivity index (χ1v) is 18.5. The number of benzene rings is 9. The molecule has 0 unspecified atom stereocenters. The number of furan rings is 1. The summed E-state index contributed by atoms with van der Waals surface area (Å²) in [5.74, 6) is 0.622. The largest absolute Gasteiger partial charge is 0.456 e. The predicted molar refractivity (Wildman–Crippen MR) is 227 cm³/mol. The van der Waals surface area contributed by atoms with E-state index in [4.69, 9.17) is 13.8 Å². The molecule has 0 amide bonds. The van der Waals surface area contributed by atoms with Gasteiger partial charge in [0.2, 0.25) is 5.89 Å². The van der Waals surface area contributed by atoms with Crippen LogP contribution in [-0.2, 0) is 0 Å². The van der Waals surface area contributed by atoms with Gasteiger partial charge in [0.25, 0.3) is 0 Å². The molecule has 4 heteroatoms. The van der Waals surface area contributed by atoms with Gasteiger partial charge in [0.1, 0.15) is 16.7 Å². The van der Waals surface area contributed by atoms with Crippen molar-refractivity contribution in [3.05, 3.63) is 194 Å². The third-order valence-corrected chi connectivity index (χ3v) is 10.7. The van der Waals surface area contributed by atoms with E-state index >= 15 is 0 Å². The molecule has 258 valence electrons. The van der Waals surface area contributed by atoms with Crippen molar-refractivity contribution < 1.29 is 8.83 Å². The van der Waals surface area contributed by atoms with E-state index in [0.29, 0.717) is 5.89 Å². The maximum atomic E-state index is 6.54. The third-order valence-electron chi connectivity index (χ3n) is 10.7. The van der Waals surface area contributed by atoms with E-state index in [2.05, 4.69) is 150 Å². The highest BCUT2D eigenvalue weighted by Crippen LogP contribution is 2.45. The summed E-state index contributed by atoms with van der Waals surface area (Å²) in [5.41, 5.74) is 12.1. The zero-order chi connectivity index (χ0) is 36.3. The van der Waals surface area contributed by atoms with Crippen LogP contribution in [0.25, 0.3) is 88.3 Å². The van der Waals surface area contributed by atoms with E-state index in [1.54, 1.807) is 0 Å². The summed E-state index contributed by atoms with van der Waals surface area (Å²) < 4.78 is 13.0. The summed E-state index contributed by atoms with van der Waals surface area (Å²) in [6.07, 6.45) is 0. The molecule has 11 rings (SSSR count). The number of rotatable bonds is 6. The first kappa shape index (κ1) is 31.1. The fraction of sp³-hybridized carbons (Fsp3) is 0. The molecule has 0 aliphatic heterocycles. The van der Waals surface area contributed by atoms with Crippen LogP contribution >= 0.6 is 0 Å². The van der Waals surface area contributed by atoms with Crippen molar-refractivity contribution in [2.24, 2.45) is 0 Å². The highest BCUT2D eigenvalue weighted by atomic mass is 16.3. The molecule has 2 aromatic heterocycles. The van der Waals surface area contributed by atoms with E-state index in [-0.39, 0.29) is 0 Å². The Hall–Kier alpha value is -7.43. The summed E-state index contributed by atoms with van der Waals surface area (Å²) >= 11 is 0. The van der Waals surface area contributed by atoms with Crippen molar-refractivity contribution in [2.45, 2.75) is 0 Å². The van der Waals surface area contributed by atoms with Gasteiger partial charge in [-0.1, -0.05) is 133 Å². The maximum Gasteiger partial charge on any atom is 0.227 e. The fourth-order valence-corrected chi connectivity index (χ4v) is 8.15. The smallest absolute Gasteiger partial charge is 0.227 e. The van der Waals surface area contributed by atoms with Crippen molar-refractivity contribution in [1.82, 2.24) is 4.98 Å². The van der Waals surface area contributed by atoms with Gasteiger partial charge in [-0.3, -0.25) is 0 Å². The minimum absolute atomic E-state index is 0.622. The quantitative estimate of drug-likeness (QED) is 0.162. The second kappa shape index (κ2) is 12.6. The van der Waals surface area contributed by atoms with Gasteiger partial charge in [-0.2, -0.15) is 0 Å². The Morgan fingerprint density at radius 3 is 1.91 bits per heavy atom. The second-order valence-corrected chi connectivity index (χ2v) is 13.9. The van der Waals surface area contributed by atoms with Gasteiger partial charge in [0, 0.05) is 27.7 Å². The standard InChI is InChI=1S/C51H32N2O2/c1-3-13-33(14-4-1)40-19-7-8-20-41(40)36-17-11-18-38(31-36)53(45-22-12-24-47-49(45)43-21-9-10-23-46(43)54-47)39-28-29-42-37(32-39)26-25-34-27-30-44-50(48(34)42)55-51(52-44)35-15-5-2-6-16-35/h1-32H. The SMILES string of the molecule is c1ccc(-c2nc3ccc4ccc5cc(N(c6cccc(-c7ccccc7-c7ccccc7)c6)c6cccc7oc8ccccc8c67)ccc5c4c3o2)cc1. The van der Waals surface area contributed by atoms with Crippen LogP contribution in [0.1, 0.15) is 0 Å². The number of nitrogens with zero attached hydrogens (tertiary/aromatic N) is 2. The Morgan fingerprint density at radius 2 is 1.05 bits per heavy atom. The Kier molecular flexibility index (Phi) is 7.14. The molecule has 55 heavy (non-hydrogen) atoms. The average molecular weight is 705 g/mol. The molecule has 0 aliphatic rings. The van der Waals surface area contributed by atoms with Crippen molar-refractivity contribution in [1.29, 1.82) is 0 Å². The van der Waals surface area contributed by atoms with Gasteiger partial charge in [-0.25, -0.2) is 4.98 Å². The van der Waals surface area contributed by atoms with E-state index in [1.165, 1.54) is 16.7 Å². The summed E-state index contributed by atoms with van der Waals surface area (Å²) in [6.45, 7) is 0. The van der Waals surface area contributed by atoms with Gasteiger partial charge in [-0.05, 0) is 99.1 Å². The van der Waals surface area contributed by atoms with Gasteiger partial charge >= 0.3 is 0 Å². The number of oxazole rings is 1. The van der Waals surface area contributed by atoms with Crippen LogP contribution in [0.5, 0.6) is 0 Å². The van der Waals surface area contributed by atoms with Gasteiger partial charge in [0.05, 0.1) is 11.1 Å². The number of anilines is 3. The minimum atomic E-state index is 0.622. The van der Waals surface area contributed by atoms with Crippen LogP contribution in [0, 0.1) is 0 Å². The molecular formula is C51H32N2O2. The van der Waals surface area contributed by atoms with Crippen LogP contribution in [0.15, 0.2) is 203 Å². The topological polar surface area (TPSA) is 42.4 Å². The molecule has 0 aliphatic carbocycles. The number of hydrogen-bond acceptors (Lipinski definition) is 4. The van der Waals surface area contributed by atoms with Crippen molar-refractivity contribution in [3.63, 3.8) is 0 Å². The molecule has 0 bridgehead atoms. The number of para-hydroxylation sites is 1. The molecule has 0 saturated heterocycles. The van der Waals surface area contributed by atoms with E-state index in [9.17, 15) is 0 Å². The van der Waals surface area contributed by atoms with Crippen LogP contribution in [-0.4, -0.2) is 4.98 Å². The van der Waals surface area contributed by atoms with Gasteiger partial charge in [0.15, 0.2) is 5.58 Å². The zero-order valence-corrected chi connectivity index (χ0v) is 29.7. The molecular weight excluding hydrogens is 673 g/mol.